The number of carbonyl (C=O) groups excluding carboxylic acids is 1. The molecule has 0 atom stereocenters. The number of nitro benzene ring substituents is 1. The van der Waals surface area contributed by atoms with E-state index in [0.717, 1.165) is 17.7 Å². The summed E-state index contributed by atoms with van der Waals surface area (Å²) < 4.78 is 13.2. The summed E-state index contributed by atoms with van der Waals surface area (Å²) in [5.74, 6) is -1.25. The molecule has 2 aromatic rings. The molecule has 0 spiro atoms. The van der Waals surface area contributed by atoms with Gasteiger partial charge in [-0.2, -0.15) is 4.39 Å². The quantitative estimate of drug-likeness (QED) is 0.472. The second-order valence-electron chi connectivity index (χ2n) is 4.44. The Bertz CT molecular complexity index is 703. The van der Waals surface area contributed by atoms with Crippen molar-refractivity contribution < 1.29 is 14.1 Å². The van der Waals surface area contributed by atoms with Crippen molar-refractivity contribution in [3.8, 4) is 0 Å². The minimum atomic E-state index is -0.956. The number of ketones is 1. The van der Waals surface area contributed by atoms with E-state index in [1.165, 1.54) is 6.07 Å². The molecule has 6 heteroatoms. The second kappa shape index (κ2) is 6.45. The average molecular weight is 308 g/mol. The summed E-state index contributed by atoms with van der Waals surface area (Å²) in [4.78, 5) is 21.8. The van der Waals surface area contributed by atoms with Crippen molar-refractivity contribution in [2.24, 2.45) is 0 Å². The number of Topliss-reactive ketones (excluding diaryl/α,β-unsaturated/α-hetero) is 1. The summed E-state index contributed by atoms with van der Waals surface area (Å²) in [6, 6.07) is 10.3. The lowest BCUT2D eigenvalue weighted by Gasteiger charge is -2.04. The molecular formula is C15H11ClFNO3. The molecule has 2 rings (SSSR count). The molecule has 108 valence electrons. The van der Waals surface area contributed by atoms with E-state index in [9.17, 15) is 19.3 Å². The summed E-state index contributed by atoms with van der Waals surface area (Å²) in [6.45, 7) is 0. The summed E-state index contributed by atoms with van der Waals surface area (Å²) in [6.07, 6.45) is 0.566. The third kappa shape index (κ3) is 3.64. The van der Waals surface area contributed by atoms with Gasteiger partial charge in [0.1, 0.15) is 0 Å². The highest BCUT2D eigenvalue weighted by atomic mass is 35.5. The Morgan fingerprint density at radius 2 is 1.95 bits per heavy atom. The van der Waals surface area contributed by atoms with Crippen LogP contribution in [0, 0.1) is 15.9 Å². The SMILES string of the molecule is O=C(CCc1ccccc1Cl)c1ccc(F)c([N+](=O)[O-])c1. The molecule has 0 amide bonds. The van der Waals surface area contributed by atoms with Gasteiger partial charge in [-0.15, -0.1) is 0 Å². The molecule has 21 heavy (non-hydrogen) atoms. The van der Waals surface area contributed by atoms with Crippen molar-refractivity contribution in [2.45, 2.75) is 12.8 Å². The molecule has 0 radical (unpaired) electrons. The van der Waals surface area contributed by atoms with Crippen molar-refractivity contribution in [3.05, 3.63) is 74.5 Å². The van der Waals surface area contributed by atoms with Crippen LogP contribution in [0.4, 0.5) is 10.1 Å². The van der Waals surface area contributed by atoms with Crippen LogP contribution < -0.4 is 0 Å². The Morgan fingerprint density at radius 3 is 2.62 bits per heavy atom. The fourth-order valence-electron chi connectivity index (χ4n) is 1.92. The number of halogens is 2. The van der Waals surface area contributed by atoms with Crippen molar-refractivity contribution in [1.29, 1.82) is 0 Å². The van der Waals surface area contributed by atoms with E-state index in [1.807, 2.05) is 12.1 Å². The van der Waals surface area contributed by atoms with Gasteiger partial charge < -0.3 is 0 Å². The van der Waals surface area contributed by atoms with Crippen LogP contribution in [0.15, 0.2) is 42.5 Å². The van der Waals surface area contributed by atoms with Crippen molar-refractivity contribution in [2.75, 3.05) is 0 Å². The molecule has 0 aliphatic carbocycles. The highest BCUT2D eigenvalue weighted by Crippen LogP contribution is 2.21. The third-order valence-corrected chi connectivity index (χ3v) is 3.41. The zero-order valence-electron chi connectivity index (χ0n) is 10.9. The van der Waals surface area contributed by atoms with Gasteiger partial charge in [-0.3, -0.25) is 14.9 Å². The van der Waals surface area contributed by atoms with Crippen molar-refractivity contribution >= 4 is 23.1 Å². The van der Waals surface area contributed by atoms with E-state index < -0.39 is 16.4 Å². The van der Waals surface area contributed by atoms with Crippen LogP contribution >= 0.6 is 11.6 Å². The van der Waals surface area contributed by atoms with Crippen LogP contribution in [0.25, 0.3) is 0 Å². The van der Waals surface area contributed by atoms with Crippen LogP contribution in [0.2, 0.25) is 5.02 Å². The zero-order valence-corrected chi connectivity index (χ0v) is 11.6. The zero-order chi connectivity index (χ0) is 15.4. The Labute approximate surface area is 125 Å². The van der Waals surface area contributed by atoms with Gasteiger partial charge in [0.2, 0.25) is 5.82 Å². The van der Waals surface area contributed by atoms with Crippen LogP contribution in [0.3, 0.4) is 0 Å². The molecule has 0 saturated heterocycles. The fourth-order valence-corrected chi connectivity index (χ4v) is 2.15. The molecular weight excluding hydrogens is 297 g/mol. The van der Waals surface area contributed by atoms with Gasteiger partial charge in [0.15, 0.2) is 5.78 Å². The Balaban J connectivity index is 2.12. The smallest absolute Gasteiger partial charge is 0.294 e. The monoisotopic (exact) mass is 307 g/mol. The minimum absolute atomic E-state index is 0.121. The summed E-state index contributed by atoms with van der Waals surface area (Å²) in [5, 5.41) is 11.2. The number of rotatable bonds is 5. The number of hydrogen-bond donors (Lipinski definition) is 0. The van der Waals surface area contributed by atoms with Crippen LogP contribution in [-0.4, -0.2) is 10.7 Å². The van der Waals surface area contributed by atoms with Gasteiger partial charge in [0, 0.05) is 23.1 Å². The molecule has 0 unspecified atom stereocenters. The lowest BCUT2D eigenvalue weighted by Crippen LogP contribution is -2.03. The standard InChI is InChI=1S/C15H11ClFNO3/c16-12-4-2-1-3-10(12)6-8-15(19)11-5-7-13(17)14(9-11)18(20)21/h1-5,7,9H,6,8H2. The average Bonchev–Trinajstić information content (AvgIpc) is 2.46. The maximum atomic E-state index is 13.2. The number of benzene rings is 2. The number of hydrogen-bond acceptors (Lipinski definition) is 3. The summed E-state index contributed by atoms with van der Waals surface area (Å²) >= 11 is 5.99. The van der Waals surface area contributed by atoms with E-state index in [-0.39, 0.29) is 17.8 Å². The Hall–Kier alpha value is -2.27. The molecule has 0 saturated carbocycles. The largest absolute Gasteiger partial charge is 0.305 e. The number of nitro groups is 1. The maximum absolute atomic E-state index is 13.2. The van der Waals surface area contributed by atoms with Gasteiger partial charge in [-0.05, 0) is 30.2 Å². The molecule has 4 nitrogen and oxygen atoms in total. The lowest BCUT2D eigenvalue weighted by atomic mass is 10.0. The van der Waals surface area contributed by atoms with Crippen molar-refractivity contribution in [3.63, 3.8) is 0 Å². The minimum Gasteiger partial charge on any atom is -0.294 e. The predicted molar refractivity (Wildman–Crippen MR) is 77.2 cm³/mol. The van der Waals surface area contributed by atoms with E-state index in [4.69, 9.17) is 11.6 Å². The van der Waals surface area contributed by atoms with Gasteiger partial charge in [-0.25, -0.2) is 0 Å². The van der Waals surface area contributed by atoms with Gasteiger partial charge >= 0.3 is 5.69 Å². The van der Waals surface area contributed by atoms with Crippen LogP contribution in [0.1, 0.15) is 22.3 Å². The fraction of sp³-hybridized carbons (Fsp3) is 0.133. The molecule has 0 fully saturated rings. The van der Waals surface area contributed by atoms with E-state index in [0.29, 0.717) is 11.4 Å². The Kier molecular flexibility index (Phi) is 4.65. The first-order valence-electron chi connectivity index (χ1n) is 6.19. The Morgan fingerprint density at radius 1 is 1.24 bits per heavy atom. The van der Waals surface area contributed by atoms with Gasteiger partial charge in [0.25, 0.3) is 0 Å². The third-order valence-electron chi connectivity index (χ3n) is 3.04. The first-order chi connectivity index (χ1) is 9.99. The molecule has 0 aliphatic heterocycles. The van der Waals surface area contributed by atoms with E-state index in [2.05, 4.69) is 0 Å². The first kappa shape index (κ1) is 15.1. The maximum Gasteiger partial charge on any atom is 0.305 e. The molecule has 0 aromatic heterocycles. The molecule has 0 aliphatic rings. The second-order valence-corrected chi connectivity index (χ2v) is 4.85. The highest BCUT2D eigenvalue weighted by molar-refractivity contribution is 6.31. The number of aryl methyl sites for hydroxylation is 1. The molecule has 2 aromatic carbocycles. The number of nitrogens with zero attached hydrogens (tertiary/aromatic N) is 1. The topological polar surface area (TPSA) is 60.2 Å². The summed E-state index contributed by atoms with van der Waals surface area (Å²) in [5.41, 5.74) is 0.248. The highest BCUT2D eigenvalue weighted by Gasteiger charge is 2.17. The normalized spacial score (nSPS) is 10.4. The van der Waals surface area contributed by atoms with Crippen molar-refractivity contribution in [1.82, 2.24) is 0 Å². The van der Waals surface area contributed by atoms with Crippen LogP contribution in [0.5, 0.6) is 0 Å². The lowest BCUT2D eigenvalue weighted by molar-refractivity contribution is -0.387. The summed E-state index contributed by atoms with van der Waals surface area (Å²) in [7, 11) is 0. The van der Waals surface area contributed by atoms with E-state index >= 15 is 0 Å². The molecule has 0 heterocycles. The molecule has 0 bridgehead atoms. The predicted octanol–water partition coefficient (Wildman–Crippen LogP) is 4.20. The van der Waals surface area contributed by atoms with E-state index in [1.54, 1.807) is 12.1 Å². The van der Waals surface area contributed by atoms with Gasteiger partial charge in [-0.1, -0.05) is 29.8 Å². The number of carbonyl (C=O) groups is 1. The first-order valence-corrected chi connectivity index (χ1v) is 6.57. The van der Waals surface area contributed by atoms with Gasteiger partial charge in [0.05, 0.1) is 4.92 Å². The molecule has 0 N–H and O–H groups in total. The van der Waals surface area contributed by atoms with Crippen LogP contribution in [-0.2, 0) is 6.42 Å².